The predicted molar refractivity (Wildman–Crippen MR) is 122 cm³/mol. The molecule has 0 aliphatic carbocycles. The number of rotatable bonds is 5. The number of nitrogens with zero attached hydrogens (tertiary/aromatic N) is 5. The summed E-state index contributed by atoms with van der Waals surface area (Å²) in [6.07, 6.45) is 3.49. The zero-order valence-electron chi connectivity index (χ0n) is 18.0. The second-order valence-electron chi connectivity index (χ2n) is 7.91. The van der Waals surface area contributed by atoms with E-state index in [2.05, 4.69) is 44.6 Å². The molecule has 0 spiro atoms. The van der Waals surface area contributed by atoms with Crippen molar-refractivity contribution in [1.29, 1.82) is 0 Å². The molecule has 0 bridgehead atoms. The Balaban J connectivity index is 1.56. The summed E-state index contributed by atoms with van der Waals surface area (Å²) in [5, 5.41) is 15.8. The number of amides is 2. The van der Waals surface area contributed by atoms with Crippen LogP contribution in [0.5, 0.6) is 0 Å². The van der Waals surface area contributed by atoms with Gasteiger partial charge in [0.25, 0.3) is 0 Å². The van der Waals surface area contributed by atoms with Gasteiger partial charge in [0.05, 0.1) is 0 Å². The molecule has 3 aromatic heterocycles. The molecule has 0 fully saturated rings. The van der Waals surface area contributed by atoms with Crippen LogP contribution >= 0.6 is 0 Å². The van der Waals surface area contributed by atoms with Crippen LogP contribution in [-0.2, 0) is 0 Å². The summed E-state index contributed by atoms with van der Waals surface area (Å²) in [4.78, 5) is 21.7. The minimum Gasteiger partial charge on any atom is -0.310 e. The predicted octanol–water partition coefficient (Wildman–Crippen LogP) is 5.24. The molecule has 0 saturated carbocycles. The number of nitrogens with one attached hydrogen (secondary N) is 2. The van der Waals surface area contributed by atoms with Crippen molar-refractivity contribution in [2.45, 2.75) is 39.7 Å². The lowest BCUT2D eigenvalue weighted by Gasteiger charge is -2.14. The Bertz CT molecular complexity index is 1230. The average Bonchev–Trinajstić information content (AvgIpc) is 3.24. The van der Waals surface area contributed by atoms with E-state index < -0.39 is 6.03 Å². The summed E-state index contributed by atoms with van der Waals surface area (Å²) in [5.41, 5.74) is 1.78. The van der Waals surface area contributed by atoms with Crippen molar-refractivity contribution in [3.63, 3.8) is 0 Å². The second kappa shape index (κ2) is 8.51. The monoisotopic (exact) mass is 415 g/mol. The molecule has 8 heteroatoms. The number of urea groups is 1. The van der Waals surface area contributed by atoms with Gasteiger partial charge in [-0.05, 0) is 42.8 Å². The van der Waals surface area contributed by atoms with Crippen molar-refractivity contribution in [1.82, 2.24) is 24.7 Å². The van der Waals surface area contributed by atoms with Gasteiger partial charge in [-0.2, -0.15) is 0 Å². The number of fused-ring (bicyclic) bond motifs is 1. The molecule has 1 aromatic carbocycles. The lowest BCUT2D eigenvalue weighted by molar-refractivity contribution is 0.262. The minimum absolute atomic E-state index is 0.194. The lowest BCUT2D eigenvalue weighted by Crippen LogP contribution is -2.21. The molecule has 3 heterocycles. The molecule has 2 N–H and O–H groups in total. The van der Waals surface area contributed by atoms with Crippen LogP contribution in [0, 0.1) is 0 Å². The van der Waals surface area contributed by atoms with E-state index in [-0.39, 0.29) is 6.04 Å². The molecule has 4 aromatic rings. The smallest absolute Gasteiger partial charge is 0.310 e. The Hall–Kier alpha value is -3.81. The number of benzene rings is 1. The van der Waals surface area contributed by atoms with Crippen LogP contribution in [0.3, 0.4) is 0 Å². The van der Waals surface area contributed by atoms with Crippen molar-refractivity contribution in [3.8, 4) is 11.5 Å². The highest BCUT2D eigenvalue weighted by atomic mass is 16.2. The van der Waals surface area contributed by atoms with E-state index >= 15 is 0 Å². The van der Waals surface area contributed by atoms with Crippen LogP contribution in [0.25, 0.3) is 22.3 Å². The molecule has 0 atom stereocenters. The minimum atomic E-state index is -0.412. The van der Waals surface area contributed by atoms with Crippen molar-refractivity contribution in [2.75, 3.05) is 10.6 Å². The summed E-state index contributed by atoms with van der Waals surface area (Å²) in [5.74, 6) is 1.90. The van der Waals surface area contributed by atoms with E-state index in [0.717, 1.165) is 16.3 Å². The van der Waals surface area contributed by atoms with E-state index in [1.54, 1.807) is 12.4 Å². The maximum absolute atomic E-state index is 12.7. The number of hydrogen-bond donors (Lipinski definition) is 2. The van der Waals surface area contributed by atoms with Gasteiger partial charge in [0, 0.05) is 17.6 Å². The van der Waals surface area contributed by atoms with E-state index in [4.69, 9.17) is 0 Å². The van der Waals surface area contributed by atoms with E-state index in [9.17, 15) is 4.79 Å². The molecular weight excluding hydrogens is 390 g/mol. The highest BCUT2D eigenvalue weighted by molar-refractivity contribution is 6.05. The van der Waals surface area contributed by atoms with E-state index in [0.29, 0.717) is 29.1 Å². The summed E-state index contributed by atoms with van der Waals surface area (Å²) in [6, 6.07) is 13.1. The molecule has 0 saturated heterocycles. The van der Waals surface area contributed by atoms with Crippen molar-refractivity contribution >= 4 is 28.4 Å². The normalized spacial score (nSPS) is 11.3. The maximum atomic E-state index is 12.7. The Labute approximate surface area is 180 Å². The zero-order chi connectivity index (χ0) is 22.0. The number of carbonyl (C=O) groups is 1. The molecule has 0 aliphatic rings. The maximum Gasteiger partial charge on any atom is 0.326 e. The van der Waals surface area contributed by atoms with E-state index in [1.165, 1.54) is 0 Å². The van der Waals surface area contributed by atoms with Crippen LogP contribution in [0.2, 0.25) is 0 Å². The number of anilines is 2. The van der Waals surface area contributed by atoms with Gasteiger partial charge >= 0.3 is 6.03 Å². The largest absolute Gasteiger partial charge is 0.326 e. The first-order valence-electron chi connectivity index (χ1n) is 10.3. The van der Waals surface area contributed by atoms with Crippen LogP contribution in [0.15, 0.2) is 55.0 Å². The number of hydrogen-bond acceptors (Lipinski definition) is 5. The second-order valence-corrected chi connectivity index (χ2v) is 7.91. The molecule has 31 heavy (non-hydrogen) atoms. The third kappa shape index (κ3) is 4.23. The van der Waals surface area contributed by atoms with Gasteiger partial charge in [-0.3, -0.25) is 10.6 Å². The van der Waals surface area contributed by atoms with Crippen LogP contribution in [-0.4, -0.2) is 30.8 Å². The fourth-order valence-corrected chi connectivity index (χ4v) is 3.46. The van der Waals surface area contributed by atoms with Crippen molar-refractivity contribution in [2.24, 2.45) is 0 Å². The quantitative estimate of drug-likeness (QED) is 0.465. The zero-order valence-corrected chi connectivity index (χ0v) is 18.0. The van der Waals surface area contributed by atoms with E-state index in [1.807, 2.05) is 61.0 Å². The fourth-order valence-electron chi connectivity index (χ4n) is 3.46. The summed E-state index contributed by atoms with van der Waals surface area (Å²) in [7, 11) is 0. The third-order valence-electron chi connectivity index (χ3n) is 5.03. The molecule has 8 nitrogen and oxygen atoms in total. The lowest BCUT2D eigenvalue weighted by atomic mass is 9.98. The van der Waals surface area contributed by atoms with Crippen LogP contribution in [0.1, 0.15) is 45.2 Å². The molecule has 158 valence electrons. The standard InChI is InChI=1S/C23H25N7O/c1-14(2)18-12-24-21(17-9-6-5-8-16(17)18)28-23(31)27-20-11-7-10-19(26-20)22-29-25-13-30(22)15(3)4/h5-15H,1-4H3,(H2,24,26,27,28,31). The molecule has 0 aliphatic heterocycles. The highest BCUT2D eigenvalue weighted by Gasteiger charge is 2.14. The first-order valence-corrected chi connectivity index (χ1v) is 10.3. The molecular formula is C23H25N7O. The summed E-state index contributed by atoms with van der Waals surface area (Å²) < 4.78 is 1.93. The Morgan fingerprint density at radius 1 is 0.968 bits per heavy atom. The van der Waals surface area contributed by atoms with Gasteiger partial charge in [-0.25, -0.2) is 14.8 Å². The number of pyridine rings is 2. The first kappa shape index (κ1) is 20.5. The van der Waals surface area contributed by atoms with Crippen LogP contribution < -0.4 is 10.6 Å². The SMILES string of the molecule is CC(C)c1cnc(NC(=O)Nc2cccc(-c3nncn3C(C)C)n2)c2ccccc12. The fraction of sp³-hybridized carbons (Fsp3) is 0.261. The molecule has 0 unspecified atom stereocenters. The summed E-state index contributed by atoms with van der Waals surface area (Å²) in [6.45, 7) is 8.35. The highest BCUT2D eigenvalue weighted by Crippen LogP contribution is 2.29. The number of aromatic nitrogens is 5. The van der Waals surface area contributed by atoms with Gasteiger partial charge in [0.15, 0.2) is 5.82 Å². The van der Waals surface area contributed by atoms with Gasteiger partial charge in [-0.15, -0.1) is 10.2 Å². The Morgan fingerprint density at radius 2 is 1.74 bits per heavy atom. The molecule has 0 radical (unpaired) electrons. The number of carbonyl (C=O) groups excluding carboxylic acids is 1. The topological polar surface area (TPSA) is 97.6 Å². The van der Waals surface area contributed by atoms with Gasteiger partial charge in [0.2, 0.25) is 0 Å². The van der Waals surface area contributed by atoms with Crippen molar-refractivity contribution in [3.05, 3.63) is 60.6 Å². The van der Waals surface area contributed by atoms with Crippen LogP contribution in [0.4, 0.5) is 16.4 Å². The Kier molecular flexibility index (Phi) is 5.62. The summed E-state index contributed by atoms with van der Waals surface area (Å²) >= 11 is 0. The van der Waals surface area contributed by atoms with Crippen molar-refractivity contribution < 1.29 is 4.79 Å². The Morgan fingerprint density at radius 3 is 2.48 bits per heavy atom. The first-order chi connectivity index (χ1) is 14.9. The third-order valence-corrected chi connectivity index (χ3v) is 5.03. The van der Waals surface area contributed by atoms with Gasteiger partial charge in [-0.1, -0.05) is 44.2 Å². The van der Waals surface area contributed by atoms with Gasteiger partial charge < -0.3 is 4.57 Å². The average molecular weight is 416 g/mol. The molecule has 2 amide bonds. The van der Waals surface area contributed by atoms with Gasteiger partial charge in [0.1, 0.15) is 23.7 Å². The molecule has 4 rings (SSSR count).